The molecule has 0 atom stereocenters. The monoisotopic (exact) mass is 264 g/mol. The number of rotatable bonds is 3. The number of halogens is 2. The molecule has 1 amide bonds. The van der Waals surface area contributed by atoms with Gasteiger partial charge in [0, 0.05) is 12.3 Å². The minimum absolute atomic E-state index is 0.197. The average molecular weight is 264 g/mol. The molecule has 0 aliphatic carbocycles. The number of nitrogen functional groups attached to an aromatic ring is 1. The van der Waals surface area contributed by atoms with E-state index in [9.17, 15) is 13.6 Å². The fraction of sp³-hybridized carbons (Fsp3) is 0. The number of nitrogens with zero attached hydrogens (tertiary/aromatic N) is 1. The van der Waals surface area contributed by atoms with Crippen molar-refractivity contribution in [3.63, 3.8) is 0 Å². The Balaban J connectivity index is 2.18. The zero-order valence-corrected chi connectivity index (χ0v) is 9.65. The molecule has 0 unspecified atom stereocenters. The van der Waals surface area contributed by atoms with Crippen molar-refractivity contribution < 1.29 is 13.6 Å². The zero-order chi connectivity index (χ0) is 13.8. The topological polar surface area (TPSA) is 80.0 Å². The Morgan fingerprint density at radius 1 is 1.21 bits per heavy atom. The van der Waals surface area contributed by atoms with Gasteiger partial charge < -0.3 is 10.7 Å². The van der Waals surface area contributed by atoms with Crippen LogP contribution in [0, 0.1) is 11.6 Å². The first-order valence-corrected chi connectivity index (χ1v) is 5.29. The van der Waals surface area contributed by atoms with Crippen molar-refractivity contribution in [2.24, 2.45) is 5.84 Å². The Morgan fingerprint density at radius 2 is 2.00 bits per heavy atom. The summed E-state index contributed by atoms with van der Waals surface area (Å²) >= 11 is 0. The van der Waals surface area contributed by atoms with Crippen LogP contribution < -0.4 is 16.6 Å². The summed E-state index contributed by atoms with van der Waals surface area (Å²) in [4.78, 5) is 15.6. The lowest BCUT2D eigenvalue weighted by Crippen LogP contribution is -2.14. The van der Waals surface area contributed by atoms with Crippen LogP contribution in [-0.2, 0) is 0 Å². The first-order valence-electron chi connectivity index (χ1n) is 5.29. The van der Waals surface area contributed by atoms with Gasteiger partial charge in [-0.3, -0.25) is 4.79 Å². The van der Waals surface area contributed by atoms with Crippen LogP contribution in [0.15, 0.2) is 36.5 Å². The van der Waals surface area contributed by atoms with Crippen LogP contribution in [0.3, 0.4) is 0 Å². The first-order chi connectivity index (χ1) is 9.10. The Morgan fingerprint density at radius 3 is 2.63 bits per heavy atom. The maximum atomic E-state index is 13.3. The number of hydrogen-bond donors (Lipinski definition) is 3. The second kappa shape index (κ2) is 5.40. The summed E-state index contributed by atoms with van der Waals surface area (Å²) in [5.41, 5.74) is 2.27. The van der Waals surface area contributed by atoms with E-state index in [1.165, 1.54) is 18.3 Å². The molecule has 0 radical (unpaired) electrons. The van der Waals surface area contributed by atoms with Crippen LogP contribution in [0.25, 0.3) is 0 Å². The summed E-state index contributed by atoms with van der Waals surface area (Å²) in [6.45, 7) is 0. The van der Waals surface area contributed by atoms with Gasteiger partial charge in [0.25, 0.3) is 5.91 Å². The molecule has 0 fully saturated rings. The van der Waals surface area contributed by atoms with Gasteiger partial charge in [0.15, 0.2) is 0 Å². The van der Waals surface area contributed by atoms with Gasteiger partial charge in [-0.2, -0.15) is 0 Å². The molecule has 0 aliphatic rings. The van der Waals surface area contributed by atoms with E-state index >= 15 is 0 Å². The molecule has 1 aromatic heterocycles. The number of hydrogen-bond acceptors (Lipinski definition) is 4. The van der Waals surface area contributed by atoms with Crippen LogP contribution in [-0.4, -0.2) is 10.9 Å². The number of aromatic nitrogens is 1. The summed E-state index contributed by atoms with van der Waals surface area (Å²) in [5.74, 6) is 3.56. The van der Waals surface area contributed by atoms with Crippen LogP contribution in [0.5, 0.6) is 0 Å². The van der Waals surface area contributed by atoms with E-state index in [2.05, 4.69) is 15.7 Å². The van der Waals surface area contributed by atoms with E-state index in [0.717, 1.165) is 18.2 Å². The minimum atomic E-state index is -0.719. The van der Waals surface area contributed by atoms with E-state index in [4.69, 9.17) is 5.84 Å². The smallest absolute Gasteiger partial charge is 0.257 e. The van der Waals surface area contributed by atoms with E-state index in [1.807, 2.05) is 0 Å². The number of amides is 1. The number of anilines is 2. The molecule has 0 spiro atoms. The number of carbonyl (C=O) groups excluding carboxylic acids is 1. The highest BCUT2D eigenvalue weighted by Crippen LogP contribution is 2.16. The lowest BCUT2D eigenvalue weighted by Gasteiger charge is -2.06. The van der Waals surface area contributed by atoms with E-state index < -0.39 is 17.5 Å². The third-order valence-corrected chi connectivity index (χ3v) is 2.35. The second-order valence-corrected chi connectivity index (χ2v) is 3.65. The summed E-state index contributed by atoms with van der Waals surface area (Å²) < 4.78 is 26.3. The number of carbonyl (C=O) groups is 1. The molecule has 0 saturated heterocycles. The quantitative estimate of drug-likeness (QED) is 0.584. The Kier molecular flexibility index (Phi) is 3.67. The molecule has 1 heterocycles. The predicted molar refractivity (Wildman–Crippen MR) is 66.4 cm³/mol. The van der Waals surface area contributed by atoms with Crippen molar-refractivity contribution in [3.05, 3.63) is 53.7 Å². The normalized spacial score (nSPS) is 10.1. The Bertz CT molecular complexity index is 601. The van der Waals surface area contributed by atoms with Crippen molar-refractivity contribution in [1.82, 2.24) is 4.98 Å². The highest BCUT2D eigenvalue weighted by atomic mass is 19.1. The van der Waals surface area contributed by atoms with Gasteiger partial charge >= 0.3 is 0 Å². The van der Waals surface area contributed by atoms with Crippen LogP contribution >= 0.6 is 0 Å². The van der Waals surface area contributed by atoms with Crippen molar-refractivity contribution >= 4 is 17.4 Å². The van der Waals surface area contributed by atoms with Crippen LogP contribution in [0.1, 0.15) is 10.4 Å². The maximum Gasteiger partial charge on any atom is 0.257 e. The van der Waals surface area contributed by atoms with Gasteiger partial charge in [-0.15, -0.1) is 0 Å². The van der Waals surface area contributed by atoms with Crippen molar-refractivity contribution in [2.45, 2.75) is 0 Å². The van der Waals surface area contributed by atoms with Gasteiger partial charge in [0.2, 0.25) is 0 Å². The largest absolute Gasteiger partial charge is 0.319 e. The van der Waals surface area contributed by atoms with Crippen molar-refractivity contribution in [3.8, 4) is 0 Å². The SMILES string of the molecule is NNc1ccc(C(=O)Nc2cc(F)ccc2F)cn1. The van der Waals surface area contributed by atoms with Gasteiger partial charge in [0.05, 0.1) is 11.3 Å². The minimum Gasteiger partial charge on any atom is -0.319 e. The molecular weight excluding hydrogens is 254 g/mol. The third-order valence-electron chi connectivity index (χ3n) is 2.35. The van der Waals surface area contributed by atoms with E-state index in [-0.39, 0.29) is 11.3 Å². The molecule has 5 nitrogen and oxygen atoms in total. The fourth-order valence-corrected chi connectivity index (χ4v) is 1.40. The van der Waals surface area contributed by atoms with E-state index in [1.54, 1.807) is 0 Å². The van der Waals surface area contributed by atoms with Crippen molar-refractivity contribution in [2.75, 3.05) is 10.7 Å². The van der Waals surface area contributed by atoms with Gasteiger partial charge in [-0.25, -0.2) is 19.6 Å². The maximum absolute atomic E-state index is 13.3. The Hall–Kier alpha value is -2.54. The van der Waals surface area contributed by atoms with Gasteiger partial charge in [0.1, 0.15) is 17.5 Å². The highest BCUT2D eigenvalue weighted by molar-refractivity contribution is 6.04. The predicted octanol–water partition coefficient (Wildman–Crippen LogP) is 1.90. The summed E-state index contributed by atoms with van der Waals surface area (Å²) in [6.07, 6.45) is 1.27. The number of pyridine rings is 1. The molecule has 7 heteroatoms. The van der Waals surface area contributed by atoms with Crippen LogP contribution in [0.4, 0.5) is 20.3 Å². The van der Waals surface area contributed by atoms with Crippen molar-refractivity contribution in [1.29, 1.82) is 0 Å². The van der Waals surface area contributed by atoms with E-state index in [0.29, 0.717) is 5.82 Å². The number of nitrogens with two attached hydrogens (primary N) is 1. The molecule has 0 saturated carbocycles. The number of benzene rings is 1. The zero-order valence-electron chi connectivity index (χ0n) is 9.65. The second-order valence-electron chi connectivity index (χ2n) is 3.65. The summed E-state index contributed by atoms with van der Waals surface area (Å²) in [6, 6.07) is 5.74. The highest BCUT2D eigenvalue weighted by Gasteiger charge is 2.10. The molecule has 2 aromatic rings. The molecule has 19 heavy (non-hydrogen) atoms. The molecule has 2 rings (SSSR count). The molecular formula is C12H10F2N4O. The lowest BCUT2D eigenvalue weighted by molar-refractivity contribution is 0.102. The van der Waals surface area contributed by atoms with Crippen LogP contribution in [0.2, 0.25) is 0 Å². The average Bonchev–Trinajstić information content (AvgIpc) is 2.43. The van der Waals surface area contributed by atoms with Gasteiger partial charge in [-0.1, -0.05) is 0 Å². The molecule has 0 aliphatic heterocycles. The fourth-order valence-electron chi connectivity index (χ4n) is 1.40. The molecule has 0 bridgehead atoms. The molecule has 98 valence electrons. The lowest BCUT2D eigenvalue weighted by atomic mass is 10.2. The first kappa shape index (κ1) is 12.9. The Labute approximate surface area is 107 Å². The molecule has 4 N–H and O–H groups in total. The molecule has 1 aromatic carbocycles. The number of hydrazine groups is 1. The van der Waals surface area contributed by atoms with Gasteiger partial charge in [-0.05, 0) is 24.3 Å². The number of nitrogens with one attached hydrogen (secondary N) is 2. The summed E-state index contributed by atoms with van der Waals surface area (Å²) in [7, 11) is 0. The third kappa shape index (κ3) is 3.02. The standard InChI is InChI=1S/C12H10F2N4O/c13-8-2-3-9(14)10(5-8)17-12(19)7-1-4-11(18-15)16-6-7/h1-6H,15H2,(H,16,18)(H,17,19). The summed E-state index contributed by atoms with van der Waals surface area (Å²) in [5, 5.41) is 2.26.